The van der Waals surface area contributed by atoms with E-state index < -0.39 is 10.7 Å². The van der Waals surface area contributed by atoms with Crippen LogP contribution in [0.5, 0.6) is 0 Å². The third-order valence-electron chi connectivity index (χ3n) is 4.23. The van der Waals surface area contributed by atoms with Crippen LogP contribution in [0.4, 0.5) is 15.8 Å². The number of nitro groups is 1. The van der Waals surface area contributed by atoms with Crippen molar-refractivity contribution in [3.8, 4) is 0 Å². The van der Waals surface area contributed by atoms with Gasteiger partial charge in [0.2, 0.25) is 0 Å². The molecule has 128 valence electrons. The van der Waals surface area contributed by atoms with Gasteiger partial charge in [0.1, 0.15) is 5.82 Å². The summed E-state index contributed by atoms with van der Waals surface area (Å²) < 4.78 is 13.5. The summed E-state index contributed by atoms with van der Waals surface area (Å²) in [6.45, 7) is 1.94. The van der Waals surface area contributed by atoms with Gasteiger partial charge in [0.25, 0.3) is 11.6 Å². The zero-order valence-corrected chi connectivity index (χ0v) is 13.5. The predicted octanol–water partition coefficient (Wildman–Crippen LogP) is 3.67. The summed E-state index contributed by atoms with van der Waals surface area (Å²) in [5, 5.41) is 10.9. The molecule has 0 saturated heterocycles. The third kappa shape index (κ3) is 3.13. The largest absolute Gasteiger partial charge is 0.308 e. The van der Waals surface area contributed by atoms with Gasteiger partial charge in [-0.15, -0.1) is 0 Å². The lowest BCUT2D eigenvalue weighted by molar-refractivity contribution is -0.384. The third-order valence-corrected chi connectivity index (χ3v) is 4.23. The Morgan fingerprint density at radius 2 is 2.00 bits per heavy atom. The summed E-state index contributed by atoms with van der Waals surface area (Å²) in [7, 11) is 0. The second kappa shape index (κ2) is 6.43. The SMILES string of the molecule is Cc1cc([N+](=O)[O-])ccc1C(=O)N1CCCC(=O)c2cc(F)ccc21. The number of rotatable bonds is 2. The quantitative estimate of drug-likeness (QED) is 0.616. The molecule has 0 unspecified atom stereocenters. The van der Waals surface area contributed by atoms with Gasteiger partial charge in [0.05, 0.1) is 10.6 Å². The summed E-state index contributed by atoms with van der Waals surface area (Å²) in [5.41, 5.74) is 1.24. The van der Waals surface area contributed by atoms with Crippen LogP contribution in [-0.4, -0.2) is 23.2 Å². The molecule has 0 aromatic heterocycles. The van der Waals surface area contributed by atoms with Crippen molar-refractivity contribution in [1.29, 1.82) is 0 Å². The van der Waals surface area contributed by atoms with Crippen molar-refractivity contribution in [3.63, 3.8) is 0 Å². The molecule has 2 aromatic rings. The summed E-state index contributed by atoms with van der Waals surface area (Å²) in [4.78, 5) is 36.9. The smallest absolute Gasteiger partial charge is 0.269 e. The highest BCUT2D eigenvalue weighted by atomic mass is 19.1. The Hall–Kier alpha value is -3.09. The average Bonchev–Trinajstić information content (AvgIpc) is 2.73. The minimum Gasteiger partial charge on any atom is -0.308 e. The number of hydrogen-bond acceptors (Lipinski definition) is 4. The summed E-state index contributed by atoms with van der Waals surface area (Å²) >= 11 is 0. The van der Waals surface area contributed by atoms with E-state index in [4.69, 9.17) is 0 Å². The van der Waals surface area contributed by atoms with Crippen LogP contribution in [0.25, 0.3) is 0 Å². The van der Waals surface area contributed by atoms with Gasteiger partial charge in [-0.05, 0) is 43.2 Å². The normalized spacial score (nSPS) is 14.0. The molecule has 0 fully saturated rings. The van der Waals surface area contributed by atoms with E-state index in [2.05, 4.69) is 0 Å². The first-order valence-electron chi connectivity index (χ1n) is 7.78. The van der Waals surface area contributed by atoms with Crippen LogP contribution in [0.1, 0.15) is 39.1 Å². The Morgan fingerprint density at radius 3 is 2.68 bits per heavy atom. The minimum absolute atomic E-state index is 0.0948. The molecule has 3 rings (SSSR count). The fraction of sp³-hybridized carbons (Fsp3) is 0.222. The maximum Gasteiger partial charge on any atom is 0.269 e. The Morgan fingerprint density at radius 1 is 1.24 bits per heavy atom. The second-order valence-corrected chi connectivity index (χ2v) is 5.90. The van der Waals surface area contributed by atoms with Crippen molar-refractivity contribution in [2.75, 3.05) is 11.4 Å². The van der Waals surface area contributed by atoms with Gasteiger partial charge in [-0.25, -0.2) is 4.39 Å². The highest BCUT2D eigenvalue weighted by Gasteiger charge is 2.27. The summed E-state index contributed by atoms with van der Waals surface area (Å²) in [5.74, 6) is -1.10. The van der Waals surface area contributed by atoms with E-state index in [1.54, 1.807) is 6.92 Å². The highest BCUT2D eigenvalue weighted by Crippen LogP contribution is 2.29. The molecule has 7 heteroatoms. The molecule has 6 nitrogen and oxygen atoms in total. The van der Waals surface area contributed by atoms with E-state index in [1.807, 2.05) is 0 Å². The van der Waals surface area contributed by atoms with E-state index in [9.17, 15) is 24.1 Å². The molecule has 0 N–H and O–H groups in total. The van der Waals surface area contributed by atoms with E-state index in [1.165, 1.54) is 35.2 Å². The lowest BCUT2D eigenvalue weighted by atomic mass is 10.0. The summed E-state index contributed by atoms with van der Waals surface area (Å²) in [6, 6.07) is 7.79. The number of nitrogens with zero attached hydrogens (tertiary/aromatic N) is 2. The van der Waals surface area contributed by atoms with Crippen molar-refractivity contribution in [3.05, 3.63) is 69.0 Å². The number of non-ortho nitro benzene ring substituents is 1. The van der Waals surface area contributed by atoms with Crippen molar-refractivity contribution >= 4 is 23.1 Å². The van der Waals surface area contributed by atoms with E-state index in [0.29, 0.717) is 29.8 Å². The Labute approximate surface area is 143 Å². The van der Waals surface area contributed by atoms with Crippen LogP contribution in [0.2, 0.25) is 0 Å². The van der Waals surface area contributed by atoms with Crippen LogP contribution >= 0.6 is 0 Å². The number of hydrogen-bond donors (Lipinski definition) is 0. The molecule has 0 radical (unpaired) electrons. The molecule has 1 aliphatic rings. The lowest BCUT2D eigenvalue weighted by Gasteiger charge is -2.23. The highest BCUT2D eigenvalue weighted by molar-refractivity contribution is 6.12. The molecule has 1 amide bonds. The van der Waals surface area contributed by atoms with Crippen molar-refractivity contribution in [1.82, 2.24) is 0 Å². The Bertz CT molecular complexity index is 895. The number of aryl methyl sites for hydroxylation is 1. The number of halogens is 1. The topological polar surface area (TPSA) is 80.5 Å². The second-order valence-electron chi connectivity index (χ2n) is 5.90. The number of ketones is 1. The zero-order valence-electron chi connectivity index (χ0n) is 13.5. The predicted molar refractivity (Wildman–Crippen MR) is 89.5 cm³/mol. The molecule has 2 aromatic carbocycles. The van der Waals surface area contributed by atoms with Crippen LogP contribution in [0.3, 0.4) is 0 Å². The van der Waals surface area contributed by atoms with Crippen LogP contribution in [-0.2, 0) is 0 Å². The number of nitro benzene ring substituents is 1. The molecule has 0 aliphatic carbocycles. The number of fused-ring (bicyclic) bond motifs is 1. The number of Topliss-reactive ketones (excluding diaryl/α,β-unsaturated/α-hetero) is 1. The van der Waals surface area contributed by atoms with Gasteiger partial charge >= 0.3 is 0 Å². The molecular formula is C18H15FN2O4. The average molecular weight is 342 g/mol. The van der Waals surface area contributed by atoms with Gasteiger partial charge < -0.3 is 4.90 Å². The van der Waals surface area contributed by atoms with E-state index in [-0.39, 0.29) is 29.4 Å². The van der Waals surface area contributed by atoms with Gasteiger partial charge in [0.15, 0.2) is 5.78 Å². The number of benzene rings is 2. The van der Waals surface area contributed by atoms with Crippen molar-refractivity contribution < 1.29 is 18.9 Å². The molecular weight excluding hydrogens is 327 g/mol. The van der Waals surface area contributed by atoms with Gasteiger partial charge in [-0.3, -0.25) is 19.7 Å². The van der Waals surface area contributed by atoms with E-state index in [0.717, 1.165) is 6.07 Å². The maximum absolute atomic E-state index is 13.5. The fourth-order valence-corrected chi connectivity index (χ4v) is 2.98. The van der Waals surface area contributed by atoms with Gasteiger partial charge in [0, 0.05) is 36.2 Å². The number of amides is 1. The van der Waals surface area contributed by atoms with Gasteiger partial charge in [-0.1, -0.05) is 0 Å². The molecule has 0 bridgehead atoms. The van der Waals surface area contributed by atoms with Crippen LogP contribution < -0.4 is 4.90 Å². The van der Waals surface area contributed by atoms with Crippen molar-refractivity contribution in [2.45, 2.75) is 19.8 Å². The number of carbonyl (C=O) groups excluding carboxylic acids is 2. The van der Waals surface area contributed by atoms with Crippen LogP contribution in [0, 0.1) is 22.9 Å². The monoisotopic (exact) mass is 342 g/mol. The molecule has 1 heterocycles. The molecule has 0 saturated carbocycles. The van der Waals surface area contributed by atoms with Gasteiger partial charge in [-0.2, -0.15) is 0 Å². The molecule has 1 aliphatic heterocycles. The maximum atomic E-state index is 13.5. The number of carbonyl (C=O) groups is 2. The Balaban J connectivity index is 2.04. The first-order valence-corrected chi connectivity index (χ1v) is 7.78. The number of anilines is 1. The molecule has 25 heavy (non-hydrogen) atoms. The fourth-order valence-electron chi connectivity index (χ4n) is 2.98. The Kier molecular flexibility index (Phi) is 4.31. The van der Waals surface area contributed by atoms with Crippen molar-refractivity contribution in [2.24, 2.45) is 0 Å². The van der Waals surface area contributed by atoms with Crippen LogP contribution in [0.15, 0.2) is 36.4 Å². The standard InChI is InChI=1S/C18H15FN2O4/c1-11-9-13(21(24)25)5-6-14(11)18(23)20-8-2-3-17(22)15-10-12(19)4-7-16(15)20/h4-7,9-10H,2-3,8H2,1H3. The first kappa shape index (κ1) is 16.8. The minimum atomic E-state index is -0.534. The zero-order chi connectivity index (χ0) is 18.1. The van der Waals surface area contributed by atoms with E-state index >= 15 is 0 Å². The molecule has 0 atom stereocenters. The first-order chi connectivity index (χ1) is 11.9. The molecule has 0 spiro atoms. The summed E-state index contributed by atoms with van der Waals surface area (Å²) in [6.07, 6.45) is 0.701. The lowest BCUT2D eigenvalue weighted by Crippen LogP contribution is -2.32.